The molecule has 7 heteroatoms. The minimum absolute atomic E-state index is 0. The fourth-order valence-electron chi connectivity index (χ4n) is 0. The van der Waals surface area contributed by atoms with E-state index < -0.39 is 10.4 Å². The molecule has 0 N–H and O–H groups in total. The first-order valence-corrected chi connectivity index (χ1v) is 2.00. The van der Waals surface area contributed by atoms with Gasteiger partial charge in [-0.25, -0.2) is 0 Å². The molecule has 0 aliphatic rings. The van der Waals surface area contributed by atoms with Crippen LogP contribution in [0.15, 0.2) is 0 Å². The minimum Gasteiger partial charge on any atom is -0.759 e. The van der Waals surface area contributed by atoms with Crippen LogP contribution < -0.4 is 0 Å². The fourth-order valence-corrected chi connectivity index (χ4v) is 0. The summed E-state index contributed by atoms with van der Waals surface area (Å²) in [7, 11) is -5.17. The third-order valence-corrected chi connectivity index (χ3v) is 0. The van der Waals surface area contributed by atoms with E-state index in [1.807, 2.05) is 0 Å². The van der Waals surface area contributed by atoms with Gasteiger partial charge < -0.3 is 9.11 Å². The van der Waals surface area contributed by atoms with Crippen LogP contribution in [0.4, 0.5) is 0 Å². The maximum absolute atomic E-state index is 8.52. The van der Waals surface area contributed by atoms with Gasteiger partial charge in [0.25, 0.3) is 0 Å². The molecule has 0 aromatic carbocycles. The molecule has 0 bridgehead atoms. The average molecular weight is 226 g/mol. The van der Waals surface area contributed by atoms with Crippen molar-refractivity contribution in [3.63, 3.8) is 0 Å². The number of hydrogen-bond acceptors (Lipinski definition) is 4. The summed E-state index contributed by atoms with van der Waals surface area (Å²) in [6.07, 6.45) is 0. The second-order valence-corrected chi connectivity index (χ2v) is 1.22. The number of rotatable bonds is 0. The summed E-state index contributed by atoms with van der Waals surface area (Å²) in [5.41, 5.74) is 0. The van der Waals surface area contributed by atoms with Crippen molar-refractivity contribution < 1.29 is 38.6 Å². The van der Waals surface area contributed by atoms with Crippen molar-refractivity contribution in [3.8, 4) is 0 Å². The van der Waals surface area contributed by atoms with E-state index in [1.165, 1.54) is 0 Å². The normalized spacial score (nSPS) is 8.29. The fraction of sp³-hybridized carbons (Fsp3) is 0. The predicted octanol–water partition coefficient (Wildman–Crippen LogP) is -1.28. The summed E-state index contributed by atoms with van der Waals surface area (Å²) in [6, 6.07) is 0. The van der Waals surface area contributed by atoms with Crippen LogP contribution >= 0.6 is 9.90 Å². The van der Waals surface area contributed by atoms with Gasteiger partial charge in [0.05, 0.1) is 0 Å². The summed E-state index contributed by atoms with van der Waals surface area (Å²) >= 11 is 0. The largest absolute Gasteiger partial charge is 4.00 e. The second-order valence-electron chi connectivity index (χ2n) is 0.408. The number of hydrogen-bond donors (Lipinski definition) is 0. The third-order valence-electron chi connectivity index (χ3n) is 0. The zero-order valence-corrected chi connectivity index (χ0v) is 7.39. The van der Waals surface area contributed by atoms with Crippen molar-refractivity contribution in [3.05, 3.63) is 0 Å². The smallest absolute Gasteiger partial charge is 0.759 e. The van der Waals surface area contributed by atoms with E-state index in [2.05, 4.69) is 0 Å². The van der Waals surface area contributed by atoms with Crippen LogP contribution in [0.25, 0.3) is 0 Å². The Morgan fingerprint density at radius 3 is 1.14 bits per heavy atom. The van der Waals surface area contributed by atoms with E-state index in [0.29, 0.717) is 0 Å². The van der Waals surface area contributed by atoms with E-state index in [0.717, 1.165) is 0 Å². The molecule has 0 aliphatic carbocycles. The first kappa shape index (κ1) is 15.7. The average Bonchev–Trinajstić information content (AvgIpc) is 0.722. The summed E-state index contributed by atoms with van der Waals surface area (Å²) < 4.78 is 34.1. The molecule has 0 saturated heterocycles. The minimum atomic E-state index is -5.17. The maximum Gasteiger partial charge on any atom is 4.00 e. The van der Waals surface area contributed by atoms with Gasteiger partial charge >= 0.3 is 21.1 Å². The van der Waals surface area contributed by atoms with E-state index >= 15 is 0 Å². The van der Waals surface area contributed by atoms with Gasteiger partial charge in [-0.15, -0.1) is 0 Å². The molecule has 0 rings (SSSR count). The molecular formula is H3MoO4PS+2. The Balaban J connectivity index is -0.0000000800. The molecule has 7 heavy (non-hydrogen) atoms. The molecule has 42 valence electrons. The van der Waals surface area contributed by atoms with Gasteiger partial charge in [-0.1, -0.05) is 0 Å². The van der Waals surface area contributed by atoms with Gasteiger partial charge in [-0.3, -0.25) is 8.42 Å². The predicted molar refractivity (Wildman–Crippen MR) is 21.6 cm³/mol. The molecule has 0 aromatic heterocycles. The first-order valence-electron chi connectivity index (χ1n) is 0.667. The van der Waals surface area contributed by atoms with Crippen molar-refractivity contribution in [2.24, 2.45) is 0 Å². The molecule has 0 radical (unpaired) electrons. The van der Waals surface area contributed by atoms with E-state index in [4.69, 9.17) is 17.5 Å². The van der Waals surface area contributed by atoms with E-state index in [-0.39, 0.29) is 31.0 Å². The Morgan fingerprint density at radius 2 is 1.14 bits per heavy atom. The molecule has 1 atom stereocenters. The SMILES string of the molecule is O=S(=O)([O-])[O-].P.[Mo+4]. The van der Waals surface area contributed by atoms with Crippen LogP contribution in [0.1, 0.15) is 0 Å². The quantitative estimate of drug-likeness (QED) is 0.223. The first-order chi connectivity index (χ1) is 2.00. The molecule has 1 unspecified atom stereocenters. The molecule has 0 amide bonds. The Kier molecular flexibility index (Phi) is 11.5. The van der Waals surface area contributed by atoms with E-state index in [1.54, 1.807) is 0 Å². The molecule has 0 fully saturated rings. The van der Waals surface area contributed by atoms with Crippen molar-refractivity contribution in [2.75, 3.05) is 0 Å². The van der Waals surface area contributed by atoms with E-state index in [9.17, 15) is 0 Å². The Hall–Kier alpha value is 0.988. The van der Waals surface area contributed by atoms with Gasteiger partial charge in [0.1, 0.15) is 0 Å². The molecule has 0 heterocycles. The van der Waals surface area contributed by atoms with Crippen LogP contribution in [-0.4, -0.2) is 17.5 Å². The maximum atomic E-state index is 8.52. The van der Waals surface area contributed by atoms with Gasteiger partial charge in [0.2, 0.25) is 0 Å². The van der Waals surface area contributed by atoms with Crippen LogP contribution in [0, 0.1) is 0 Å². The molecule has 0 aromatic rings. The topological polar surface area (TPSA) is 80.3 Å². The second kappa shape index (κ2) is 5.13. The van der Waals surface area contributed by atoms with Crippen LogP contribution in [0.3, 0.4) is 0 Å². The molecule has 4 nitrogen and oxygen atoms in total. The zero-order chi connectivity index (χ0) is 4.50. The van der Waals surface area contributed by atoms with Gasteiger partial charge in [0.15, 0.2) is 0 Å². The molecular weight excluding hydrogens is 223 g/mol. The van der Waals surface area contributed by atoms with Crippen molar-refractivity contribution in [1.82, 2.24) is 0 Å². The van der Waals surface area contributed by atoms with Crippen molar-refractivity contribution in [1.29, 1.82) is 0 Å². The Bertz CT molecular complexity index is 94.9. The third kappa shape index (κ3) is 178. The summed E-state index contributed by atoms with van der Waals surface area (Å²) in [5.74, 6) is 0. The standard InChI is InChI=1S/Mo.H2O4S.H3P/c;1-5(2,3)4;/h;(H2,1,2,3,4);1H3/q+4;;/p-2. The van der Waals surface area contributed by atoms with Crippen LogP contribution in [0.5, 0.6) is 0 Å². The summed E-state index contributed by atoms with van der Waals surface area (Å²) in [4.78, 5) is 0. The Labute approximate surface area is 59.1 Å². The monoisotopic (exact) mass is 228 g/mol. The van der Waals surface area contributed by atoms with Gasteiger partial charge in [-0.2, -0.15) is 9.90 Å². The van der Waals surface area contributed by atoms with Crippen LogP contribution in [-0.2, 0) is 31.5 Å². The Morgan fingerprint density at radius 1 is 1.14 bits per heavy atom. The molecule has 0 spiro atoms. The van der Waals surface area contributed by atoms with Crippen LogP contribution in [0.2, 0.25) is 0 Å². The van der Waals surface area contributed by atoms with Crippen molar-refractivity contribution >= 4 is 20.3 Å². The zero-order valence-electron chi connectivity index (χ0n) is 3.16. The molecule has 0 saturated carbocycles. The van der Waals surface area contributed by atoms with Crippen molar-refractivity contribution in [2.45, 2.75) is 0 Å². The van der Waals surface area contributed by atoms with Gasteiger partial charge in [-0.05, 0) is 0 Å². The molecule has 0 aliphatic heterocycles. The summed E-state index contributed by atoms with van der Waals surface area (Å²) in [5, 5.41) is 0. The summed E-state index contributed by atoms with van der Waals surface area (Å²) in [6.45, 7) is 0. The van der Waals surface area contributed by atoms with Gasteiger partial charge in [0, 0.05) is 10.4 Å².